The first-order valence-corrected chi connectivity index (χ1v) is 14.7. The maximum absolute atomic E-state index is 9.78. The van der Waals surface area contributed by atoms with E-state index in [0.717, 1.165) is 78.9 Å². The molecular formula is C32H36N8. The van der Waals surface area contributed by atoms with Crippen molar-refractivity contribution in [2.24, 2.45) is 5.92 Å². The molecule has 2 unspecified atom stereocenters. The van der Waals surface area contributed by atoms with Crippen LogP contribution in [0.25, 0.3) is 16.6 Å². The highest BCUT2D eigenvalue weighted by Crippen LogP contribution is 2.37. The fourth-order valence-corrected chi connectivity index (χ4v) is 6.68. The molecule has 8 heteroatoms. The van der Waals surface area contributed by atoms with Crippen LogP contribution >= 0.6 is 0 Å². The molecule has 4 fully saturated rings. The van der Waals surface area contributed by atoms with Crippen molar-refractivity contribution < 1.29 is 0 Å². The molecule has 4 aromatic rings. The van der Waals surface area contributed by atoms with Crippen molar-refractivity contribution in [2.45, 2.75) is 58.2 Å². The van der Waals surface area contributed by atoms with Gasteiger partial charge in [-0.25, -0.2) is 9.50 Å². The molecule has 0 spiro atoms. The fraction of sp³-hybridized carbons (Fsp3) is 0.438. The van der Waals surface area contributed by atoms with Crippen LogP contribution in [0.2, 0.25) is 0 Å². The Bertz CT molecular complexity index is 1530. The lowest BCUT2D eigenvalue weighted by Crippen LogP contribution is -2.68. The van der Waals surface area contributed by atoms with E-state index in [9.17, 15) is 5.26 Å². The second-order valence-electron chi connectivity index (χ2n) is 11.8. The van der Waals surface area contributed by atoms with Gasteiger partial charge in [0.15, 0.2) is 0 Å². The molecule has 0 aliphatic carbocycles. The molecule has 4 saturated heterocycles. The van der Waals surface area contributed by atoms with Crippen LogP contribution in [0.4, 0.5) is 11.5 Å². The van der Waals surface area contributed by atoms with E-state index in [1.54, 1.807) is 6.20 Å². The van der Waals surface area contributed by atoms with E-state index in [4.69, 9.17) is 4.98 Å². The van der Waals surface area contributed by atoms with Gasteiger partial charge in [0.1, 0.15) is 11.9 Å². The lowest BCUT2D eigenvalue weighted by atomic mass is 9.87. The summed E-state index contributed by atoms with van der Waals surface area (Å²) in [5, 5.41) is 14.3. The molecule has 40 heavy (non-hydrogen) atoms. The molecule has 8 nitrogen and oxygen atoms in total. The quantitative estimate of drug-likeness (QED) is 0.349. The predicted molar refractivity (Wildman–Crippen MR) is 157 cm³/mol. The summed E-state index contributed by atoms with van der Waals surface area (Å²) >= 11 is 0. The summed E-state index contributed by atoms with van der Waals surface area (Å²) < 4.78 is 1.87. The smallest absolute Gasteiger partial charge is 0.128 e. The van der Waals surface area contributed by atoms with Crippen LogP contribution in [0.3, 0.4) is 0 Å². The molecule has 0 amide bonds. The third-order valence-electron chi connectivity index (χ3n) is 9.21. The highest BCUT2D eigenvalue weighted by molar-refractivity contribution is 5.86. The minimum Gasteiger partial charge on any atom is -0.370 e. The van der Waals surface area contributed by atoms with Crippen molar-refractivity contribution in [1.29, 1.82) is 5.26 Å². The zero-order chi connectivity index (χ0) is 27.2. The number of piperazine rings is 1. The number of aryl methyl sites for hydroxylation is 1. The van der Waals surface area contributed by atoms with Gasteiger partial charge in [0.25, 0.3) is 0 Å². The first-order valence-electron chi connectivity index (χ1n) is 14.7. The first-order chi connectivity index (χ1) is 19.6. The number of nitrogens with zero attached hydrogens (tertiary/aromatic N) is 8. The summed E-state index contributed by atoms with van der Waals surface area (Å²) in [5.41, 5.74) is 7.08. The maximum Gasteiger partial charge on any atom is 0.128 e. The van der Waals surface area contributed by atoms with Gasteiger partial charge in [-0.1, -0.05) is 19.9 Å². The molecule has 8 heterocycles. The Morgan fingerprint density at radius 3 is 2.48 bits per heavy atom. The van der Waals surface area contributed by atoms with Gasteiger partial charge in [-0.2, -0.15) is 10.4 Å². The van der Waals surface area contributed by atoms with Crippen molar-refractivity contribution in [3.8, 4) is 17.2 Å². The highest BCUT2D eigenvalue weighted by Gasteiger charge is 2.44. The van der Waals surface area contributed by atoms with Gasteiger partial charge < -0.3 is 9.80 Å². The van der Waals surface area contributed by atoms with E-state index in [2.05, 4.69) is 81.2 Å². The summed E-state index contributed by atoms with van der Waals surface area (Å²) in [6, 6.07) is 14.4. The molecule has 204 valence electrons. The van der Waals surface area contributed by atoms with E-state index in [-0.39, 0.29) is 0 Å². The minimum absolute atomic E-state index is 0.555. The molecule has 2 bridgehead atoms. The fourth-order valence-electron chi connectivity index (χ4n) is 6.68. The first kappa shape index (κ1) is 25.0. The zero-order valence-corrected chi connectivity index (χ0v) is 23.4. The summed E-state index contributed by atoms with van der Waals surface area (Å²) in [4.78, 5) is 17.0. The van der Waals surface area contributed by atoms with Gasteiger partial charge in [-0.15, -0.1) is 0 Å². The van der Waals surface area contributed by atoms with Crippen LogP contribution < -0.4 is 9.80 Å². The Hall–Kier alpha value is -3.96. The second kappa shape index (κ2) is 10.2. The largest absolute Gasteiger partial charge is 0.370 e. The highest BCUT2D eigenvalue weighted by atomic mass is 15.4. The molecule has 0 N–H and O–H groups in total. The van der Waals surface area contributed by atoms with Crippen molar-refractivity contribution in [2.75, 3.05) is 36.0 Å². The summed E-state index contributed by atoms with van der Waals surface area (Å²) in [5.74, 6) is 1.79. The Balaban J connectivity index is 1.10. The van der Waals surface area contributed by atoms with Crippen LogP contribution in [0.15, 0.2) is 55.1 Å². The number of pyridine rings is 3. The van der Waals surface area contributed by atoms with Crippen LogP contribution in [-0.2, 0) is 13.0 Å². The zero-order valence-electron chi connectivity index (χ0n) is 23.4. The Labute approximate surface area is 235 Å². The van der Waals surface area contributed by atoms with Gasteiger partial charge in [0.2, 0.25) is 0 Å². The van der Waals surface area contributed by atoms with Crippen LogP contribution in [0, 0.1) is 17.2 Å². The number of piperidine rings is 2. The normalized spacial score (nSPS) is 21.4. The predicted octanol–water partition coefficient (Wildman–Crippen LogP) is 4.92. The Morgan fingerprint density at radius 1 is 0.975 bits per heavy atom. The number of fused-ring (bicyclic) bond motifs is 3. The number of aromatic nitrogens is 4. The van der Waals surface area contributed by atoms with Gasteiger partial charge >= 0.3 is 0 Å². The van der Waals surface area contributed by atoms with Gasteiger partial charge in [-0.3, -0.25) is 9.88 Å². The lowest BCUT2D eigenvalue weighted by molar-refractivity contribution is -0.00875. The second-order valence-corrected chi connectivity index (χ2v) is 11.8. The van der Waals surface area contributed by atoms with Gasteiger partial charge in [0, 0.05) is 74.0 Å². The van der Waals surface area contributed by atoms with Crippen LogP contribution in [0.1, 0.15) is 49.9 Å². The summed E-state index contributed by atoms with van der Waals surface area (Å²) in [6.07, 6.45) is 12.4. The average Bonchev–Trinajstić information content (AvgIpc) is 3.43. The molecule has 4 aliphatic rings. The molecule has 8 rings (SSSR count). The van der Waals surface area contributed by atoms with E-state index in [1.807, 2.05) is 16.9 Å². The lowest BCUT2D eigenvalue weighted by Gasteiger charge is -2.56. The molecule has 0 saturated carbocycles. The third-order valence-corrected chi connectivity index (χ3v) is 9.21. The van der Waals surface area contributed by atoms with Crippen molar-refractivity contribution in [3.63, 3.8) is 0 Å². The van der Waals surface area contributed by atoms with E-state index in [0.29, 0.717) is 17.6 Å². The molecule has 4 aromatic heterocycles. The number of nitriles is 1. The van der Waals surface area contributed by atoms with Gasteiger partial charge in [0.05, 0.1) is 29.2 Å². The van der Waals surface area contributed by atoms with Crippen molar-refractivity contribution in [3.05, 3.63) is 71.9 Å². The Morgan fingerprint density at radius 2 is 1.80 bits per heavy atom. The monoisotopic (exact) mass is 532 g/mol. The van der Waals surface area contributed by atoms with Crippen molar-refractivity contribution >= 4 is 17.0 Å². The SMILES string of the molecule is CCc1ccc(CN2C3CC2CN(c2ccc(-c4cc(N5CCC(C)CC5)cn5ncc(C#N)c45)cn2)C3)cn1. The van der Waals surface area contributed by atoms with E-state index >= 15 is 0 Å². The van der Waals surface area contributed by atoms with Crippen molar-refractivity contribution in [1.82, 2.24) is 24.5 Å². The summed E-state index contributed by atoms with van der Waals surface area (Å²) in [7, 11) is 0. The van der Waals surface area contributed by atoms with Crippen LogP contribution in [0.5, 0.6) is 0 Å². The number of rotatable bonds is 6. The Kier molecular flexibility index (Phi) is 6.39. The molecule has 0 aromatic carbocycles. The van der Waals surface area contributed by atoms with E-state index in [1.165, 1.54) is 24.8 Å². The maximum atomic E-state index is 9.78. The molecular weight excluding hydrogens is 496 g/mol. The summed E-state index contributed by atoms with van der Waals surface area (Å²) in [6.45, 7) is 9.54. The minimum atomic E-state index is 0.555. The molecule has 4 aliphatic heterocycles. The average molecular weight is 533 g/mol. The number of anilines is 2. The molecule has 0 radical (unpaired) electrons. The number of hydrogen-bond donors (Lipinski definition) is 0. The number of hydrogen-bond acceptors (Lipinski definition) is 7. The van der Waals surface area contributed by atoms with E-state index < -0.39 is 0 Å². The van der Waals surface area contributed by atoms with Crippen LogP contribution in [-0.4, -0.2) is 62.7 Å². The topological polar surface area (TPSA) is 76.6 Å². The standard InChI is InChI=1S/C32H36N8/c1-3-26-6-4-23(15-34-26)18-39-28-12-29(39)20-38(19-28)31-7-5-24(16-35-31)30-13-27(37-10-8-22(2)9-11-37)21-40-32(30)25(14-33)17-36-40/h4-7,13,15-17,21-22,28-29H,3,8-12,18-20H2,1-2H3. The van der Waals surface area contributed by atoms with Gasteiger partial charge in [-0.05, 0) is 61.4 Å². The molecule has 2 atom stereocenters. The third kappa shape index (κ3) is 4.48.